The van der Waals surface area contributed by atoms with Crippen LogP contribution in [0.4, 0.5) is 0 Å². The van der Waals surface area contributed by atoms with Gasteiger partial charge in [-0.05, 0) is 30.7 Å². The standard InChI is InChI=1S/C18H27N3O2S.HI/c1-19-17(20-12-15-8-11-24(22,23)13-15)21-14-18(9-5-10-18)16-6-3-2-4-7-16;/h2-4,6-7,15H,5,8-14H2,1H3,(H2,19,20,21);1H. The molecule has 1 aromatic rings. The van der Waals surface area contributed by atoms with Crippen molar-refractivity contribution >= 4 is 39.8 Å². The van der Waals surface area contributed by atoms with E-state index in [4.69, 9.17) is 0 Å². The molecule has 0 radical (unpaired) electrons. The first kappa shape index (κ1) is 20.5. The number of halogens is 1. The molecule has 0 amide bonds. The lowest BCUT2D eigenvalue weighted by Gasteiger charge is -2.43. The molecule has 0 aromatic heterocycles. The van der Waals surface area contributed by atoms with Gasteiger partial charge in [-0.3, -0.25) is 4.99 Å². The van der Waals surface area contributed by atoms with E-state index in [9.17, 15) is 8.42 Å². The molecule has 3 rings (SSSR count). The van der Waals surface area contributed by atoms with Crippen LogP contribution in [-0.4, -0.2) is 46.0 Å². The number of hydrogen-bond donors (Lipinski definition) is 2. The average molecular weight is 477 g/mol. The van der Waals surface area contributed by atoms with Gasteiger partial charge in [-0.1, -0.05) is 36.8 Å². The molecule has 1 saturated heterocycles. The van der Waals surface area contributed by atoms with Crippen LogP contribution >= 0.6 is 24.0 Å². The summed E-state index contributed by atoms with van der Waals surface area (Å²) in [7, 11) is -1.06. The summed E-state index contributed by atoms with van der Waals surface area (Å²) in [6.45, 7) is 1.52. The number of aliphatic imine (C=N–C) groups is 1. The van der Waals surface area contributed by atoms with Crippen molar-refractivity contribution in [2.24, 2.45) is 10.9 Å². The Labute approximate surface area is 168 Å². The van der Waals surface area contributed by atoms with Crippen LogP contribution in [0.1, 0.15) is 31.2 Å². The van der Waals surface area contributed by atoms with Crippen molar-refractivity contribution in [3.8, 4) is 0 Å². The van der Waals surface area contributed by atoms with Gasteiger partial charge in [-0.2, -0.15) is 0 Å². The fourth-order valence-corrected chi connectivity index (χ4v) is 5.57. The van der Waals surface area contributed by atoms with E-state index in [1.165, 1.54) is 24.8 Å². The zero-order valence-electron chi connectivity index (χ0n) is 14.7. The van der Waals surface area contributed by atoms with Crippen molar-refractivity contribution < 1.29 is 8.42 Å². The maximum atomic E-state index is 11.5. The van der Waals surface area contributed by atoms with Gasteiger partial charge in [-0.15, -0.1) is 24.0 Å². The predicted molar refractivity (Wildman–Crippen MR) is 114 cm³/mol. The van der Waals surface area contributed by atoms with E-state index in [0.717, 1.165) is 18.9 Å². The van der Waals surface area contributed by atoms with E-state index in [1.807, 2.05) is 0 Å². The SMILES string of the molecule is CN=C(NCC1CCS(=O)(=O)C1)NCC1(c2ccccc2)CCC1.I. The third-order valence-corrected chi connectivity index (χ3v) is 7.24. The predicted octanol–water partition coefficient (Wildman–Crippen LogP) is 2.33. The third kappa shape index (κ3) is 5.09. The fraction of sp³-hybridized carbons (Fsp3) is 0.611. The van der Waals surface area contributed by atoms with Gasteiger partial charge in [0.2, 0.25) is 0 Å². The number of benzene rings is 1. The van der Waals surface area contributed by atoms with Gasteiger partial charge in [0, 0.05) is 25.6 Å². The summed E-state index contributed by atoms with van der Waals surface area (Å²) in [5.41, 5.74) is 1.59. The van der Waals surface area contributed by atoms with Crippen LogP contribution < -0.4 is 10.6 Å². The lowest BCUT2D eigenvalue weighted by atomic mass is 9.64. The Bertz CT molecular complexity index is 688. The summed E-state index contributed by atoms with van der Waals surface area (Å²) in [6, 6.07) is 10.7. The van der Waals surface area contributed by atoms with Crippen molar-refractivity contribution in [2.45, 2.75) is 31.1 Å². The molecule has 2 fully saturated rings. The van der Waals surface area contributed by atoms with Crippen LogP contribution in [0, 0.1) is 5.92 Å². The van der Waals surface area contributed by atoms with E-state index in [-0.39, 0.29) is 35.3 Å². The molecule has 1 atom stereocenters. The minimum atomic E-state index is -2.82. The lowest BCUT2D eigenvalue weighted by molar-refractivity contribution is 0.243. The minimum absolute atomic E-state index is 0. The van der Waals surface area contributed by atoms with Crippen LogP contribution in [0.3, 0.4) is 0 Å². The maximum Gasteiger partial charge on any atom is 0.191 e. The van der Waals surface area contributed by atoms with Crippen LogP contribution in [-0.2, 0) is 15.3 Å². The van der Waals surface area contributed by atoms with Gasteiger partial charge < -0.3 is 10.6 Å². The van der Waals surface area contributed by atoms with E-state index < -0.39 is 9.84 Å². The maximum absolute atomic E-state index is 11.5. The Morgan fingerprint density at radius 3 is 2.48 bits per heavy atom. The molecule has 5 nitrogen and oxygen atoms in total. The topological polar surface area (TPSA) is 70.6 Å². The third-order valence-electron chi connectivity index (χ3n) is 5.40. The summed E-state index contributed by atoms with van der Waals surface area (Å²) >= 11 is 0. The van der Waals surface area contributed by atoms with Gasteiger partial charge in [0.1, 0.15) is 0 Å². The van der Waals surface area contributed by atoms with Gasteiger partial charge in [-0.25, -0.2) is 8.42 Å². The number of sulfone groups is 1. The fourth-order valence-electron chi connectivity index (χ4n) is 3.71. The van der Waals surface area contributed by atoms with E-state index in [2.05, 4.69) is 46.0 Å². The van der Waals surface area contributed by atoms with Gasteiger partial charge in [0.15, 0.2) is 15.8 Å². The molecular formula is C18H28IN3O2S. The zero-order chi connectivity index (χ0) is 17.0. The highest BCUT2D eigenvalue weighted by molar-refractivity contribution is 14.0. The van der Waals surface area contributed by atoms with Crippen molar-refractivity contribution in [2.75, 3.05) is 31.6 Å². The van der Waals surface area contributed by atoms with Crippen LogP contribution in [0.25, 0.3) is 0 Å². The number of nitrogens with one attached hydrogen (secondary N) is 2. The normalized spacial score (nSPS) is 24.0. The van der Waals surface area contributed by atoms with Crippen molar-refractivity contribution in [3.05, 3.63) is 35.9 Å². The van der Waals surface area contributed by atoms with E-state index in [1.54, 1.807) is 7.05 Å². The average Bonchev–Trinajstić information content (AvgIpc) is 2.89. The molecule has 1 aliphatic carbocycles. The zero-order valence-corrected chi connectivity index (χ0v) is 17.8. The highest BCUT2D eigenvalue weighted by Gasteiger charge is 2.38. The molecule has 1 aliphatic heterocycles. The monoisotopic (exact) mass is 477 g/mol. The number of hydrogen-bond acceptors (Lipinski definition) is 3. The first-order valence-corrected chi connectivity index (χ1v) is 10.6. The van der Waals surface area contributed by atoms with Crippen LogP contribution in [0.5, 0.6) is 0 Å². The van der Waals surface area contributed by atoms with Gasteiger partial charge >= 0.3 is 0 Å². The second-order valence-corrected chi connectivity index (χ2v) is 9.30. The summed E-state index contributed by atoms with van der Waals surface area (Å²) in [4.78, 5) is 4.29. The van der Waals surface area contributed by atoms with Crippen LogP contribution in [0.15, 0.2) is 35.3 Å². The highest BCUT2D eigenvalue weighted by atomic mass is 127. The largest absolute Gasteiger partial charge is 0.356 e. The molecule has 2 aliphatic rings. The molecule has 1 saturated carbocycles. The summed E-state index contributed by atoms with van der Waals surface area (Å²) in [5, 5.41) is 6.74. The number of rotatable bonds is 5. The van der Waals surface area contributed by atoms with Crippen molar-refractivity contribution in [1.29, 1.82) is 0 Å². The minimum Gasteiger partial charge on any atom is -0.356 e. The van der Waals surface area contributed by atoms with Crippen molar-refractivity contribution in [3.63, 3.8) is 0 Å². The molecule has 140 valence electrons. The van der Waals surface area contributed by atoms with E-state index in [0.29, 0.717) is 18.1 Å². The smallest absolute Gasteiger partial charge is 0.191 e. The molecule has 1 heterocycles. The molecule has 1 aromatic carbocycles. The summed E-state index contributed by atoms with van der Waals surface area (Å²) in [6.07, 6.45) is 4.41. The molecule has 0 bridgehead atoms. The Kier molecular flexibility index (Phi) is 7.13. The number of nitrogens with zero attached hydrogens (tertiary/aromatic N) is 1. The second kappa shape index (κ2) is 8.70. The number of guanidine groups is 1. The summed E-state index contributed by atoms with van der Waals surface area (Å²) in [5.74, 6) is 1.58. The molecular weight excluding hydrogens is 449 g/mol. The van der Waals surface area contributed by atoms with Crippen LogP contribution in [0.2, 0.25) is 0 Å². The van der Waals surface area contributed by atoms with E-state index >= 15 is 0 Å². The molecule has 1 unspecified atom stereocenters. The highest BCUT2D eigenvalue weighted by Crippen LogP contribution is 2.43. The van der Waals surface area contributed by atoms with Gasteiger partial charge in [0.25, 0.3) is 0 Å². The lowest BCUT2D eigenvalue weighted by Crippen LogP contribution is -2.49. The Morgan fingerprint density at radius 2 is 1.96 bits per heavy atom. The Hall–Kier alpha value is -0.830. The molecule has 25 heavy (non-hydrogen) atoms. The Morgan fingerprint density at radius 1 is 1.24 bits per heavy atom. The molecule has 2 N–H and O–H groups in total. The summed E-state index contributed by atoms with van der Waals surface area (Å²) < 4.78 is 23.1. The Balaban J connectivity index is 0.00000225. The first-order chi connectivity index (χ1) is 11.5. The quantitative estimate of drug-likeness (QED) is 0.388. The van der Waals surface area contributed by atoms with Gasteiger partial charge in [0.05, 0.1) is 11.5 Å². The molecule has 7 heteroatoms. The molecule has 0 spiro atoms. The van der Waals surface area contributed by atoms with Crippen molar-refractivity contribution in [1.82, 2.24) is 10.6 Å². The second-order valence-electron chi connectivity index (χ2n) is 7.08. The first-order valence-electron chi connectivity index (χ1n) is 8.73.